The SMILES string of the molecule is CC(=O)[C@@H]1OC(C)=C(S(=O)(=O)C(F)(F)C(F)(F)C(F)(F)C(F)(F)Cl)[C@H]1c1ccc([N+](=O)[O-])cc1. The minimum absolute atomic E-state index is 0.449. The molecule has 1 aromatic rings. The van der Waals surface area contributed by atoms with Gasteiger partial charge < -0.3 is 4.74 Å². The number of carbonyl (C=O) groups is 1. The number of hydrogen-bond acceptors (Lipinski definition) is 6. The predicted octanol–water partition coefficient (Wildman–Crippen LogP) is 5.01. The summed E-state index contributed by atoms with van der Waals surface area (Å²) in [4.78, 5) is 20.0. The lowest BCUT2D eigenvalue weighted by Gasteiger charge is -2.34. The summed E-state index contributed by atoms with van der Waals surface area (Å²) in [5.74, 6) is -18.6. The van der Waals surface area contributed by atoms with Crippen molar-refractivity contribution >= 4 is 32.9 Å². The van der Waals surface area contributed by atoms with Crippen molar-refractivity contribution < 1.29 is 58.0 Å². The summed E-state index contributed by atoms with van der Waals surface area (Å²) in [5.41, 5.74) is -1.03. The number of rotatable bonds is 8. The molecule has 0 N–H and O–H groups in total. The quantitative estimate of drug-likeness (QED) is 0.197. The molecule has 0 saturated carbocycles. The van der Waals surface area contributed by atoms with Crippen molar-refractivity contribution in [2.75, 3.05) is 0 Å². The average molecular weight is 546 g/mol. The first-order chi connectivity index (χ1) is 15.1. The Kier molecular flexibility index (Phi) is 6.79. The Hall–Kier alpha value is -2.49. The predicted molar refractivity (Wildman–Crippen MR) is 98.7 cm³/mol. The lowest BCUT2D eigenvalue weighted by molar-refractivity contribution is -0.384. The van der Waals surface area contributed by atoms with E-state index >= 15 is 0 Å². The van der Waals surface area contributed by atoms with Gasteiger partial charge in [-0.3, -0.25) is 14.9 Å². The number of nitro groups is 1. The number of ketones is 1. The third kappa shape index (κ3) is 3.99. The number of nitrogens with zero attached hydrogens (tertiary/aromatic N) is 1. The fraction of sp³-hybridized carbons (Fsp3) is 0.471. The van der Waals surface area contributed by atoms with E-state index in [1.54, 1.807) is 0 Å². The number of ether oxygens (including phenoxy) is 1. The van der Waals surface area contributed by atoms with Gasteiger partial charge in [-0.25, -0.2) is 8.42 Å². The summed E-state index contributed by atoms with van der Waals surface area (Å²) in [6.45, 7) is 1.43. The molecular weight excluding hydrogens is 534 g/mol. The van der Waals surface area contributed by atoms with Crippen LogP contribution in [0, 0.1) is 10.1 Å². The summed E-state index contributed by atoms with van der Waals surface area (Å²) in [7, 11) is -6.97. The monoisotopic (exact) mass is 545 g/mol. The van der Waals surface area contributed by atoms with Gasteiger partial charge in [0, 0.05) is 12.1 Å². The first-order valence-corrected chi connectivity index (χ1v) is 10.6. The highest BCUT2D eigenvalue weighted by atomic mass is 35.5. The Morgan fingerprint density at radius 1 is 1.03 bits per heavy atom. The van der Waals surface area contributed by atoms with Gasteiger partial charge in [-0.2, -0.15) is 35.1 Å². The first-order valence-electron chi connectivity index (χ1n) is 8.70. The Morgan fingerprint density at radius 2 is 1.50 bits per heavy atom. The molecule has 34 heavy (non-hydrogen) atoms. The van der Waals surface area contributed by atoms with Crippen LogP contribution in [-0.4, -0.2) is 47.7 Å². The van der Waals surface area contributed by atoms with Crippen molar-refractivity contribution in [2.24, 2.45) is 0 Å². The van der Waals surface area contributed by atoms with Gasteiger partial charge in [0.1, 0.15) is 5.76 Å². The van der Waals surface area contributed by atoms with Crippen molar-refractivity contribution in [3.05, 3.63) is 50.6 Å². The molecule has 1 heterocycles. The molecular formula is C17H12ClF8NO6S. The molecule has 0 unspecified atom stereocenters. The third-order valence-electron chi connectivity index (χ3n) is 4.84. The highest BCUT2D eigenvalue weighted by Gasteiger charge is 2.84. The number of allylic oxidation sites excluding steroid dienone is 1. The fourth-order valence-corrected chi connectivity index (χ4v) is 5.03. The molecule has 0 spiro atoms. The largest absolute Gasteiger partial charge is 0.485 e. The van der Waals surface area contributed by atoms with E-state index in [4.69, 9.17) is 4.74 Å². The summed E-state index contributed by atoms with van der Waals surface area (Å²) in [5, 5.41) is -2.37. The molecule has 0 aromatic heterocycles. The van der Waals surface area contributed by atoms with Crippen molar-refractivity contribution in [1.29, 1.82) is 0 Å². The van der Waals surface area contributed by atoms with Crippen molar-refractivity contribution in [2.45, 2.75) is 48.4 Å². The number of nitro benzene ring substituents is 1. The molecule has 1 aliphatic rings. The number of carbonyl (C=O) groups excluding carboxylic acids is 1. The second-order valence-corrected chi connectivity index (χ2v) is 9.50. The number of non-ortho nitro benzene ring substituents is 1. The van der Waals surface area contributed by atoms with E-state index in [1.807, 2.05) is 0 Å². The van der Waals surface area contributed by atoms with Crippen LogP contribution in [0.25, 0.3) is 0 Å². The van der Waals surface area contributed by atoms with E-state index in [9.17, 15) is 58.4 Å². The molecule has 2 atom stereocenters. The standard InChI is InChI=1S/C17H12ClF8NO6S/c1-7(28)12-11(9-3-5-10(6-4-9)27(29)30)13(8(2)33-12)34(31,32)17(25,26)15(21,22)14(19,20)16(18,23)24/h3-6,11-12H,1-2H3/t11-,12-/m0/s1. The van der Waals surface area contributed by atoms with Gasteiger partial charge in [-0.05, 0) is 31.0 Å². The number of benzene rings is 1. The number of Topliss-reactive ketones (excluding diaryl/α,β-unsaturated/α-hetero) is 1. The van der Waals surface area contributed by atoms with Gasteiger partial charge in [0.2, 0.25) is 9.84 Å². The van der Waals surface area contributed by atoms with Crippen molar-refractivity contribution in [1.82, 2.24) is 0 Å². The number of sulfone groups is 1. The van der Waals surface area contributed by atoms with Crippen LogP contribution < -0.4 is 0 Å². The number of hydrogen-bond donors (Lipinski definition) is 0. The van der Waals surface area contributed by atoms with Crippen LogP contribution in [0.5, 0.6) is 0 Å². The van der Waals surface area contributed by atoms with Crippen LogP contribution in [0.3, 0.4) is 0 Å². The van der Waals surface area contributed by atoms with E-state index in [0.717, 1.165) is 31.2 Å². The number of halogens is 9. The van der Waals surface area contributed by atoms with Crippen LogP contribution in [0.15, 0.2) is 34.9 Å². The molecule has 1 aromatic carbocycles. The molecule has 190 valence electrons. The summed E-state index contributed by atoms with van der Waals surface area (Å²) in [6.07, 6.45) is -1.95. The minimum atomic E-state index is -7.24. The highest BCUT2D eigenvalue weighted by molar-refractivity contribution is 7.96. The molecule has 0 bridgehead atoms. The second kappa shape index (κ2) is 8.32. The molecule has 1 aliphatic heterocycles. The Balaban J connectivity index is 2.75. The summed E-state index contributed by atoms with van der Waals surface area (Å²) >= 11 is 3.86. The van der Waals surface area contributed by atoms with Gasteiger partial charge >= 0.3 is 22.5 Å². The lowest BCUT2D eigenvalue weighted by Crippen LogP contribution is -2.63. The van der Waals surface area contributed by atoms with E-state index in [2.05, 4.69) is 11.6 Å². The van der Waals surface area contributed by atoms with Gasteiger partial charge in [-0.15, -0.1) is 0 Å². The molecule has 0 amide bonds. The zero-order valence-corrected chi connectivity index (χ0v) is 18.2. The van der Waals surface area contributed by atoms with E-state index in [0.29, 0.717) is 6.92 Å². The fourth-order valence-electron chi connectivity index (χ4n) is 3.14. The molecule has 0 saturated heterocycles. The molecule has 17 heteroatoms. The van der Waals surface area contributed by atoms with Gasteiger partial charge in [0.15, 0.2) is 11.9 Å². The van der Waals surface area contributed by atoms with Gasteiger partial charge in [-0.1, -0.05) is 12.1 Å². The van der Waals surface area contributed by atoms with Gasteiger partial charge in [0.25, 0.3) is 5.69 Å². The smallest absolute Gasteiger partial charge is 0.417 e. The summed E-state index contributed by atoms with van der Waals surface area (Å²) < 4.78 is 140. The van der Waals surface area contributed by atoms with Crippen molar-refractivity contribution in [3.8, 4) is 0 Å². The molecule has 0 aliphatic carbocycles. The lowest BCUT2D eigenvalue weighted by atomic mass is 9.92. The molecule has 7 nitrogen and oxygen atoms in total. The van der Waals surface area contributed by atoms with E-state index in [-0.39, 0.29) is 0 Å². The van der Waals surface area contributed by atoms with Crippen LogP contribution in [0.2, 0.25) is 0 Å². The second-order valence-electron chi connectivity index (χ2n) is 7.06. The Morgan fingerprint density at radius 3 is 1.88 bits per heavy atom. The Bertz CT molecular complexity index is 1150. The highest BCUT2D eigenvalue weighted by Crippen LogP contribution is 2.58. The van der Waals surface area contributed by atoms with Crippen LogP contribution in [0.1, 0.15) is 25.3 Å². The number of alkyl halides is 9. The van der Waals surface area contributed by atoms with Crippen molar-refractivity contribution in [3.63, 3.8) is 0 Å². The Labute approximate surface area is 190 Å². The molecule has 0 fully saturated rings. The van der Waals surface area contributed by atoms with Crippen LogP contribution in [-0.2, 0) is 19.4 Å². The maximum absolute atomic E-state index is 14.5. The third-order valence-corrected chi connectivity index (χ3v) is 7.13. The molecule has 0 radical (unpaired) electrons. The maximum atomic E-state index is 14.5. The van der Waals surface area contributed by atoms with Crippen LogP contribution in [0.4, 0.5) is 40.8 Å². The zero-order valence-electron chi connectivity index (χ0n) is 16.7. The maximum Gasteiger partial charge on any atom is 0.417 e. The molecule has 2 rings (SSSR count). The van der Waals surface area contributed by atoms with E-state index < -0.39 is 77.0 Å². The topological polar surface area (TPSA) is 104 Å². The summed E-state index contributed by atoms with van der Waals surface area (Å²) in [6, 6.07) is 3.07. The van der Waals surface area contributed by atoms with Crippen LogP contribution >= 0.6 is 11.6 Å². The zero-order chi connectivity index (χ0) is 26.7. The van der Waals surface area contributed by atoms with E-state index in [1.165, 1.54) is 0 Å². The van der Waals surface area contributed by atoms with Gasteiger partial charge in [0.05, 0.1) is 15.7 Å². The average Bonchev–Trinajstić information content (AvgIpc) is 3.04. The normalized spacial score (nSPS) is 20.3. The minimum Gasteiger partial charge on any atom is -0.485 e. The first kappa shape index (κ1) is 27.8.